The van der Waals surface area contributed by atoms with E-state index in [1.165, 1.54) is 0 Å². The van der Waals surface area contributed by atoms with Gasteiger partial charge in [-0.2, -0.15) is 0 Å². The van der Waals surface area contributed by atoms with Crippen molar-refractivity contribution in [3.8, 4) is 0 Å². The van der Waals surface area contributed by atoms with Crippen LogP contribution in [0, 0.1) is 0 Å². The quantitative estimate of drug-likeness (QED) is 0.621. The van der Waals surface area contributed by atoms with E-state index in [2.05, 4.69) is 0 Å². The first kappa shape index (κ1) is 13.6. The fraction of sp³-hybridized carbons (Fsp3) is 0.364. The monoisotopic (exact) mass is 280 g/mol. The molecular formula is C11H11Cl3O2. The lowest BCUT2D eigenvalue weighted by Gasteiger charge is -2.10. The molecular weight excluding hydrogens is 270 g/mol. The highest BCUT2D eigenvalue weighted by Crippen LogP contribution is 2.23. The van der Waals surface area contributed by atoms with Gasteiger partial charge in [-0.05, 0) is 30.7 Å². The van der Waals surface area contributed by atoms with Crippen molar-refractivity contribution >= 4 is 40.8 Å². The van der Waals surface area contributed by atoms with Crippen LogP contribution in [0.5, 0.6) is 0 Å². The number of esters is 1. The molecule has 2 nitrogen and oxygen atoms in total. The molecule has 0 saturated heterocycles. The maximum atomic E-state index is 11.3. The standard InChI is InChI=1S/C11H11Cl3O2/c1-2-16-11(15)10(14)6-7-5-8(12)3-4-9(7)13/h3-5,10H,2,6H2,1H3. The Morgan fingerprint density at radius 1 is 1.44 bits per heavy atom. The highest BCUT2D eigenvalue weighted by Gasteiger charge is 2.18. The lowest BCUT2D eigenvalue weighted by atomic mass is 10.1. The van der Waals surface area contributed by atoms with Crippen LogP contribution < -0.4 is 0 Å². The highest BCUT2D eigenvalue weighted by molar-refractivity contribution is 6.34. The topological polar surface area (TPSA) is 26.3 Å². The summed E-state index contributed by atoms with van der Waals surface area (Å²) in [5, 5.41) is 0.363. The van der Waals surface area contributed by atoms with Crippen molar-refractivity contribution in [1.82, 2.24) is 0 Å². The third kappa shape index (κ3) is 3.85. The van der Waals surface area contributed by atoms with E-state index in [0.717, 1.165) is 5.56 Å². The van der Waals surface area contributed by atoms with Crippen LogP contribution in [0.15, 0.2) is 18.2 Å². The third-order valence-corrected chi connectivity index (χ3v) is 2.89. The van der Waals surface area contributed by atoms with Gasteiger partial charge in [-0.1, -0.05) is 23.2 Å². The average Bonchev–Trinajstić information content (AvgIpc) is 2.23. The number of carbonyl (C=O) groups excluding carboxylic acids is 1. The van der Waals surface area contributed by atoms with Crippen LogP contribution in [-0.2, 0) is 16.0 Å². The highest BCUT2D eigenvalue weighted by atomic mass is 35.5. The predicted octanol–water partition coefficient (Wildman–Crippen LogP) is 3.71. The van der Waals surface area contributed by atoms with Crippen LogP contribution in [-0.4, -0.2) is 18.0 Å². The first-order valence-electron chi connectivity index (χ1n) is 4.79. The van der Waals surface area contributed by atoms with Crippen LogP contribution in [0.25, 0.3) is 0 Å². The van der Waals surface area contributed by atoms with E-state index in [-0.39, 0.29) is 0 Å². The van der Waals surface area contributed by atoms with Crippen LogP contribution >= 0.6 is 34.8 Å². The largest absolute Gasteiger partial charge is 0.465 e. The molecule has 0 fully saturated rings. The molecule has 0 aliphatic carbocycles. The summed E-state index contributed by atoms with van der Waals surface area (Å²) in [6.07, 6.45) is 0.305. The summed E-state index contributed by atoms with van der Waals surface area (Å²) in [6.45, 7) is 2.04. The minimum atomic E-state index is -0.740. The molecule has 1 rings (SSSR count). The van der Waals surface area contributed by atoms with Gasteiger partial charge < -0.3 is 4.74 Å². The van der Waals surface area contributed by atoms with E-state index < -0.39 is 11.3 Å². The number of alkyl halides is 1. The molecule has 88 valence electrons. The first-order chi connectivity index (χ1) is 7.54. The molecule has 0 saturated carbocycles. The van der Waals surface area contributed by atoms with Crippen LogP contribution in [0.4, 0.5) is 0 Å². The predicted molar refractivity (Wildman–Crippen MR) is 66.4 cm³/mol. The molecule has 0 aliphatic rings. The molecule has 1 aromatic carbocycles. The average molecular weight is 282 g/mol. The maximum Gasteiger partial charge on any atom is 0.324 e. The second-order valence-corrected chi connectivity index (χ2v) is 4.53. The Hall–Kier alpha value is -0.440. The molecule has 1 aromatic rings. The molecule has 5 heteroatoms. The van der Waals surface area contributed by atoms with Gasteiger partial charge in [-0.25, -0.2) is 0 Å². The number of benzene rings is 1. The summed E-state index contributed by atoms with van der Waals surface area (Å²) >= 11 is 17.7. The van der Waals surface area contributed by atoms with Crippen LogP contribution in [0.1, 0.15) is 12.5 Å². The van der Waals surface area contributed by atoms with E-state index in [4.69, 9.17) is 39.5 Å². The number of carbonyl (C=O) groups is 1. The van der Waals surface area contributed by atoms with Crippen molar-refractivity contribution in [2.75, 3.05) is 6.61 Å². The summed E-state index contributed by atoms with van der Waals surface area (Å²) in [5.74, 6) is -0.444. The normalized spacial score (nSPS) is 12.2. The summed E-state index contributed by atoms with van der Waals surface area (Å²) in [4.78, 5) is 11.3. The molecule has 0 spiro atoms. The van der Waals surface area contributed by atoms with Gasteiger partial charge in [0.15, 0.2) is 0 Å². The molecule has 0 bridgehead atoms. The van der Waals surface area contributed by atoms with Gasteiger partial charge in [0.25, 0.3) is 0 Å². The molecule has 1 unspecified atom stereocenters. The Labute approximate surface area is 109 Å². The van der Waals surface area contributed by atoms with Gasteiger partial charge in [0.2, 0.25) is 0 Å². The lowest BCUT2D eigenvalue weighted by molar-refractivity contribution is -0.142. The van der Waals surface area contributed by atoms with Crippen LogP contribution in [0.2, 0.25) is 10.0 Å². The zero-order valence-corrected chi connectivity index (χ0v) is 10.9. The molecule has 0 aliphatic heterocycles. The zero-order chi connectivity index (χ0) is 12.1. The first-order valence-corrected chi connectivity index (χ1v) is 5.98. The molecule has 0 amide bonds. The Morgan fingerprint density at radius 2 is 2.12 bits per heavy atom. The number of halogens is 3. The van der Waals surface area contributed by atoms with Crippen molar-refractivity contribution in [3.05, 3.63) is 33.8 Å². The van der Waals surface area contributed by atoms with E-state index in [0.29, 0.717) is 23.1 Å². The van der Waals surface area contributed by atoms with Crippen LogP contribution in [0.3, 0.4) is 0 Å². The Morgan fingerprint density at radius 3 is 2.75 bits per heavy atom. The minimum Gasteiger partial charge on any atom is -0.465 e. The summed E-state index contributed by atoms with van der Waals surface area (Å²) < 4.78 is 4.80. The Bertz CT molecular complexity index is 379. The van der Waals surface area contributed by atoms with Gasteiger partial charge in [0.05, 0.1) is 6.61 Å². The van der Waals surface area contributed by atoms with Crippen molar-refractivity contribution in [2.24, 2.45) is 0 Å². The molecule has 0 aromatic heterocycles. The molecule has 0 radical (unpaired) electrons. The minimum absolute atomic E-state index is 0.305. The van der Waals surface area contributed by atoms with Crippen molar-refractivity contribution in [1.29, 1.82) is 0 Å². The van der Waals surface area contributed by atoms with E-state index >= 15 is 0 Å². The molecule has 1 atom stereocenters. The third-order valence-electron chi connectivity index (χ3n) is 1.95. The number of rotatable bonds is 4. The summed E-state index contributed by atoms with van der Waals surface area (Å²) in [6, 6.07) is 5.05. The SMILES string of the molecule is CCOC(=O)C(Cl)Cc1cc(Cl)ccc1Cl. The van der Waals surface area contributed by atoms with E-state index in [1.54, 1.807) is 25.1 Å². The number of ether oxygens (including phenoxy) is 1. The van der Waals surface area contributed by atoms with Crippen molar-refractivity contribution < 1.29 is 9.53 Å². The summed E-state index contributed by atoms with van der Waals surface area (Å²) in [5.41, 5.74) is 0.738. The van der Waals surface area contributed by atoms with Crippen molar-refractivity contribution in [2.45, 2.75) is 18.7 Å². The molecule has 0 heterocycles. The zero-order valence-electron chi connectivity index (χ0n) is 8.67. The maximum absolute atomic E-state index is 11.3. The van der Waals surface area contributed by atoms with Gasteiger partial charge in [0, 0.05) is 16.5 Å². The second-order valence-electron chi connectivity index (χ2n) is 3.16. The lowest BCUT2D eigenvalue weighted by Crippen LogP contribution is -2.20. The van der Waals surface area contributed by atoms with Gasteiger partial charge in [-0.3, -0.25) is 4.79 Å². The smallest absolute Gasteiger partial charge is 0.324 e. The second kappa shape index (κ2) is 6.33. The van der Waals surface area contributed by atoms with E-state index in [9.17, 15) is 4.79 Å². The summed E-state index contributed by atoms with van der Waals surface area (Å²) in [7, 11) is 0. The van der Waals surface area contributed by atoms with Crippen molar-refractivity contribution in [3.63, 3.8) is 0 Å². The number of hydrogen-bond donors (Lipinski definition) is 0. The Kier molecular flexibility index (Phi) is 5.39. The van der Waals surface area contributed by atoms with Gasteiger partial charge in [0.1, 0.15) is 5.38 Å². The fourth-order valence-corrected chi connectivity index (χ4v) is 1.83. The molecule has 16 heavy (non-hydrogen) atoms. The van der Waals surface area contributed by atoms with Gasteiger partial charge >= 0.3 is 5.97 Å². The number of hydrogen-bond acceptors (Lipinski definition) is 2. The Balaban J connectivity index is 2.72. The van der Waals surface area contributed by atoms with E-state index in [1.807, 2.05) is 0 Å². The fourth-order valence-electron chi connectivity index (χ4n) is 1.21. The van der Waals surface area contributed by atoms with Gasteiger partial charge in [-0.15, -0.1) is 11.6 Å². The molecule has 0 N–H and O–H groups in total.